The molecule has 1 aromatic heterocycles. The van der Waals surface area contributed by atoms with E-state index in [1.165, 1.54) is 30.3 Å². The lowest BCUT2D eigenvalue weighted by Crippen LogP contribution is -2.27. The molecule has 0 saturated carbocycles. The van der Waals surface area contributed by atoms with Crippen LogP contribution in [-0.2, 0) is 16.3 Å². The Morgan fingerprint density at radius 2 is 1.88 bits per heavy atom. The van der Waals surface area contributed by atoms with Crippen molar-refractivity contribution in [3.05, 3.63) is 64.5 Å². The first-order chi connectivity index (χ1) is 11.8. The second-order valence-electron chi connectivity index (χ2n) is 5.58. The molecule has 8 heteroatoms. The summed E-state index contributed by atoms with van der Waals surface area (Å²) in [6, 6.07) is 10.2. The van der Waals surface area contributed by atoms with E-state index < -0.39 is 21.2 Å². The van der Waals surface area contributed by atoms with E-state index in [9.17, 15) is 17.6 Å². The van der Waals surface area contributed by atoms with Crippen LogP contribution in [0.4, 0.5) is 4.39 Å². The number of aromatic nitrogens is 2. The zero-order valence-corrected chi connectivity index (χ0v) is 14.3. The smallest absolute Gasteiger partial charge is 0.267 e. The normalized spacial score (nSPS) is 11.8. The molecule has 2 N–H and O–H groups in total. The Bertz CT molecular complexity index is 1120. The van der Waals surface area contributed by atoms with Crippen LogP contribution in [0.25, 0.3) is 16.6 Å². The van der Waals surface area contributed by atoms with Crippen LogP contribution in [0, 0.1) is 5.82 Å². The molecule has 2 aromatic carbocycles. The Kier molecular flexibility index (Phi) is 4.40. The lowest BCUT2D eigenvalue weighted by atomic mass is 10.2. The topological polar surface area (TPSA) is 95.0 Å². The highest BCUT2D eigenvalue weighted by atomic mass is 32.2. The van der Waals surface area contributed by atoms with Crippen LogP contribution in [0.3, 0.4) is 0 Å². The monoisotopic (exact) mass is 361 g/mol. The number of fused-ring (bicyclic) bond motifs is 1. The lowest BCUT2D eigenvalue weighted by Gasteiger charge is -2.15. The van der Waals surface area contributed by atoms with E-state index in [0.29, 0.717) is 0 Å². The van der Waals surface area contributed by atoms with Crippen LogP contribution in [0.1, 0.15) is 5.82 Å². The molecule has 3 rings (SSSR count). The summed E-state index contributed by atoms with van der Waals surface area (Å²) in [5.74, 6) is -0.336. The van der Waals surface area contributed by atoms with Gasteiger partial charge in [-0.25, -0.2) is 17.8 Å². The number of nitrogens with two attached hydrogens (primary N) is 1. The summed E-state index contributed by atoms with van der Waals surface area (Å²) >= 11 is 0. The largest absolute Gasteiger partial charge is 0.330 e. The number of rotatable bonds is 4. The first kappa shape index (κ1) is 17.2. The molecule has 0 aliphatic rings. The molecule has 0 saturated heterocycles. The van der Waals surface area contributed by atoms with E-state index in [-0.39, 0.29) is 40.3 Å². The highest BCUT2D eigenvalue weighted by Gasteiger charge is 2.20. The first-order valence-electron chi connectivity index (χ1n) is 7.54. The van der Waals surface area contributed by atoms with Gasteiger partial charge in [0.15, 0.2) is 9.84 Å². The molecule has 0 radical (unpaired) electrons. The Morgan fingerprint density at radius 3 is 2.52 bits per heavy atom. The van der Waals surface area contributed by atoms with Gasteiger partial charge in [0.05, 0.1) is 21.5 Å². The average Bonchev–Trinajstić information content (AvgIpc) is 2.55. The standard InChI is InChI=1S/C17H16FN3O3S/c1-25(23,24)14-8-4-6-12-16(14)17(22)21(15(20-12)9-10-19)13-7-3-2-5-11(13)18/h2-8H,9-10,19H2,1H3. The summed E-state index contributed by atoms with van der Waals surface area (Å²) in [5.41, 5.74) is 5.20. The third-order valence-electron chi connectivity index (χ3n) is 3.79. The molecule has 0 spiro atoms. The number of benzene rings is 2. The van der Waals surface area contributed by atoms with Crippen molar-refractivity contribution in [3.8, 4) is 5.69 Å². The van der Waals surface area contributed by atoms with Gasteiger partial charge >= 0.3 is 0 Å². The zero-order chi connectivity index (χ0) is 18.2. The van der Waals surface area contributed by atoms with E-state index in [0.717, 1.165) is 10.8 Å². The number of hydrogen-bond donors (Lipinski definition) is 1. The maximum Gasteiger partial charge on any atom is 0.267 e. The molecule has 0 aliphatic heterocycles. The highest BCUT2D eigenvalue weighted by molar-refractivity contribution is 7.91. The van der Waals surface area contributed by atoms with E-state index in [1.54, 1.807) is 12.1 Å². The van der Waals surface area contributed by atoms with Crippen molar-refractivity contribution in [2.24, 2.45) is 5.73 Å². The van der Waals surface area contributed by atoms with Gasteiger partial charge < -0.3 is 5.73 Å². The Hall–Kier alpha value is -2.58. The fourth-order valence-electron chi connectivity index (χ4n) is 2.73. The molecule has 0 atom stereocenters. The minimum Gasteiger partial charge on any atom is -0.330 e. The fourth-order valence-corrected chi connectivity index (χ4v) is 3.62. The summed E-state index contributed by atoms with van der Waals surface area (Å²) in [7, 11) is -3.66. The minimum atomic E-state index is -3.66. The predicted octanol–water partition coefficient (Wildman–Crippen LogP) is 1.43. The van der Waals surface area contributed by atoms with Crippen LogP contribution in [-0.4, -0.2) is 30.8 Å². The molecule has 0 amide bonds. The number of para-hydroxylation sites is 1. The second-order valence-corrected chi connectivity index (χ2v) is 7.57. The van der Waals surface area contributed by atoms with Crippen molar-refractivity contribution < 1.29 is 12.8 Å². The van der Waals surface area contributed by atoms with Gasteiger partial charge in [0.25, 0.3) is 5.56 Å². The highest BCUT2D eigenvalue weighted by Crippen LogP contribution is 2.21. The second kappa shape index (κ2) is 6.38. The number of halogens is 1. The third-order valence-corrected chi connectivity index (χ3v) is 4.93. The number of sulfone groups is 1. The van der Waals surface area contributed by atoms with Crippen LogP contribution in [0.2, 0.25) is 0 Å². The third kappa shape index (κ3) is 3.06. The van der Waals surface area contributed by atoms with Gasteiger partial charge in [-0.15, -0.1) is 0 Å². The molecule has 6 nitrogen and oxygen atoms in total. The minimum absolute atomic E-state index is 0.00801. The quantitative estimate of drug-likeness (QED) is 0.758. The van der Waals surface area contributed by atoms with Gasteiger partial charge in [-0.05, 0) is 30.8 Å². The van der Waals surface area contributed by atoms with Crippen molar-refractivity contribution in [3.63, 3.8) is 0 Å². The molecular formula is C17H16FN3O3S. The molecule has 1 heterocycles. The van der Waals surface area contributed by atoms with Crippen LogP contribution < -0.4 is 11.3 Å². The predicted molar refractivity (Wildman–Crippen MR) is 93.2 cm³/mol. The van der Waals surface area contributed by atoms with Crippen molar-refractivity contribution in [2.45, 2.75) is 11.3 Å². The summed E-state index contributed by atoms with van der Waals surface area (Å²) in [6.45, 7) is 0.207. The van der Waals surface area contributed by atoms with Gasteiger partial charge in [0, 0.05) is 12.7 Å². The summed E-state index contributed by atoms with van der Waals surface area (Å²) in [5, 5.41) is -0.0611. The Morgan fingerprint density at radius 1 is 1.16 bits per heavy atom. The maximum atomic E-state index is 14.3. The van der Waals surface area contributed by atoms with E-state index >= 15 is 0 Å². The fraction of sp³-hybridized carbons (Fsp3) is 0.176. The van der Waals surface area contributed by atoms with E-state index in [4.69, 9.17) is 5.73 Å². The Labute approximate surface area is 143 Å². The summed E-state index contributed by atoms with van der Waals surface area (Å²) in [4.78, 5) is 17.3. The Balaban J connectivity index is 2.51. The van der Waals surface area contributed by atoms with Gasteiger partial charge in [-0.1, -0.05) is 18.2 Å². The molecule has 0 unspecified atom stereocenters. The van der Waals surface area contributed by atoms with Gasteiger partial charge in [-0.2, -0.15) is 0 Å². The SMILES string of the molecule is CS(=O)(=O)c1cccc2nc(CCN)n(-c3ccccc3F)c(=O)c12. The zero-order valence-electron chi connectivity index (χ0n) is 13.4. The molecule has 3 aromatic rings. The molecule has 0 bridgehead atoms. The van der Waals surface area contributed by atoms with Crippen LogP contribution in [0.5, 0.6) is 0 Å². The summed E-state index contributed by atoms with van der Waals surface area (Å²) < 4.78 is 39.5. The van der Waals surface area contributed by atoms with Crippen LogP contribution in [0.15, 0.2) is 52.2 Å². The molecule has 130 valence electrons. The van der Waals surface area contributed by atoms with Crippen molar-refractivity contribution in [1.82, 2.24) is 9.55 Å². The molecule has 25 heavy (non-hydrogen) atoms. The summed E-state index contributed by atoms with van der Waals surface area (Å²) in [6.07, 6.45) is 1.26. The van der Waals surface area contributed by atoms with Crippen molar-refractivity contribution in [1.29, 1.82) is 0 Å². The van der Waals surface area contributed by atoms with Gasteiger partial charge in [0.1, 0.15) is 11.6 Å². The van der Waals surface area contributed by atoms with Gasteiger partial charge in [-0.3, -0.25) is 9.36 Å². The van der Waals surface area contributed by atoms with Gasteiger partial charge in [0.2, 0.25) is 0 Å². The maximum absolute atomic E-state index is 14.3. The number of hydrogen-bond acceptors (Lipinski definition) is 5. The molecular weight excluding hydrogens is 345 g/mol. The van der Waals surface area contributed by atoms with Crippen LogP contribution >= 0.6 is 0 Å². The average molecular weight is 361 g/mol. The van der Waals surface area contributed by atoms with Crippen molar-refractivity contribution in [2.75, 3.05) is 12.8 Å². The first-order valence-corrected chi connectivity index (χ1v) is 9.43. The number of nitrogens with zero attached hydrogens (tertiary/aromatic N) is 2. The van der Waals surface area contributed by atoms with E-state index in [2.05, 4.69) is 4.98 Å². The van der Waals surface area contributed by atoms with Crippen molar-refractivity contribution >= 4 is 20.7 Å². The molecule has 0 aliphatic carbocycles. The lowest BCUT2D eigenvalue weighted by molar-refractivity contribution is 0.602. The molecule has 0 fully saturated rings. The van der Waals surface area contributed by atoms with E-state index in [1.807, 2.05) is 0 Å².